The number of ether oxygens (including phenoxy) is 2. The van der Waals surface area contributed by atoms with Crippen molar-refractivity contribution in [2.75, 3.05) is 26.3 Å². The van der Waals surface area contributed by atoms with E-state index in [4.69, 9.17) is 9.47 Å². The van der Waals surface area contributed by atoms with Crippen LogP contribution in [0, 0.1) is 5.92 Å². The van der Waals surface area contributed by atoms with E-state index in [2.05, 4.69) is 15.0 Å². The highest BCUT2D eigenvalue weighted by atomic mass is 16.5. The van der Waals surface area contributed by atoms with E-state index in [9.17, 15) is 4.79 Å². The molecule has 7 heteroatoms. The number of amides is 1. The molecule has 0 aliphatic carbocycles. The summed E-state index contributed by atoms with van der Waals surface area (Å²) in [6.45, 7) is 2.44. The molecule has 7 nitrogen and oxygen atoms in total. The van der Waals surface area contributed by atoms with Crippen molar-refractivity contribution in [1.29, 1.82) is 0 Å². The lowest BCUT2D eigenvalue weighted by Gasteiger charge is -2.49. The zero-order valence-electron chi connectivity index (χ0n) is 13.2. The molecule has 0 radical (unpaired) electrons. The number of pyridine rings is 1. The Morgan fingerprint density at radius 2 is 2.25 bits per heavy atom. The van der Waals surface area contributed by atoms with Gasteiger partial charge in [0.2, 0.25) is 0 Å². The lowest BCUT2D eigenvalue weighted by molar-refractivity contribution is -0.122. The zero-order chi connectivity index (χ0) is 16.4. The number of likely N-dealkylation sites (tertiary alicyclic amines) is 1. The van der Waals surface area contributed by atoms with Crippen LogP contribution in [0.15, 0.2) is 43.1 Å². The maximum atomic E-state index is 12.4. The van der Waals surface area contributed by atoms with Gasteiger partial charge in [-0.05, 0) is 24.6 Å². The Hall–Kier alpha value is -2.54. The van der Waals surface area contributed by atoms with E-state index in [0.717, 1.165) is 12.2 Å². The fourth-order valence-electron chi connectivity index (χ4n) is 3.32. The third-order valence-corrected chi connectivity index (χ3v) is 4.69. The first-order valence-corrected chi connectivity index (χ1v) is 7.99. The number of carbonyl (C=O) groups excluding carboxylic acids is 1. The summed E-state index contributed by atoms with van der Waals surface area (Å²) in [5, 5.41) is 0. The first-order valence-electron chi connectivity index (χ1n) is 7.99. The molecule has 24 heavy (non-hydrogen) atoms. The molecule has 0 aromatic carbocycles. The predicted molar refractivity (Wildman–Crippen MR) is 84.5 cm³/mol. The number of rotatable bonds is 4. The quantitative estimate of drug-likeness (QED) is 0.840. The number of carbonyl (C=O) groups is 1. The lowest BCUT2D eigenvalue weighted by Crippen LogP contribution is -2.66. The van der Waals surface area contributed by atoms with Crippen LogP contribution in [-0.4, -0.2) is 57.7 Å². The summed E-state index contributed by atoms with van der Waals surface area (Å²) in [7, 11) is 0. The molecule has 124 valence electrons. The molecule has 2 aromatic rings. The Morgan fingerprint density at radius 3 is 3.00 bits per heavy atom. The largest absolute Gasteiger partial charge is 0.492 e. The highest BCUT2D eigenvalue weighted by molar-refractivity contribution is 5.92. The summed E-state index contributed by atoms with van der Waals surface area (Å²) in [6.07, 6.45) is 7.32. The van der Waals surface area contributed by atoms with Gasteiger partial charge in [0.05, 0.1) is 25.9 Å². The number of hydrogen-bond donors (Lipinski definition) is 0. The molecule has 0 saturated carbocycles. The minimum atomic E-state index is -0.287. The van der Waals surface area contributed by atoms with Gasteiger partial charge >= 0.3 is 0 Å². The standard InChI is InChI=1S/C17H18N4O3/c22-16(15-3-6-19-12-20-15)21-10-17(11-21)13(4-7-24-17)9-23-14-2-1-5-18-8-14/h1-3,5-6,8,12-13H,4,7,9-11H2. The molecule has 2 saturated heterocycles. The fourth-order valence-corrected chi connectivity index (χ4v) is 3.32. The maximum Gasteiger partial charge on any atom is 0.272 e. The van der Waals surface area contributed by atoms with E-state index >= 15 is 0 Å². The molecule has 4 heterocycles. The molecule has 0 bridgehead atoms. The fraction of sp³-hybridized carbons (Fsp3) is 0.412. The first-order chi connectivity index (χ1) is 11.8. The molecule has 1 unspecified atom stereocenters. The lowest BCUT2D eigenvalue weighted by atomic mass is 9.81. The Morgan fingerprint density at radius 1 is 1.33 bits per heavy atom. The minimum absolute atomic E-state index is 0.0783. The van der Waals surface area contributed by atoms with Gasteiger partial charge in [-0.1, -0.05) is 0 Å². The van der Waals surface area contributed by atoms with Crippen molar-refractivity contribution in [2.45, 2.75) is 12.0 Å². The number of aromatic nitrogens is 3. The van der Waals surface area contributed by atoms with E-state index in [-0.39, 0.29) is 17.4 Å². The van der Waals surface area contributed by atoms with Crippen LogP contribution in [0.25, 0.3) is 0 Å². The van der Waals surface area contributed by atoms with Gasteiger partial charge in [-0.15, -0.1) is 0 Å². The third-order valence-electron chi connectivity index (χ3n) is 4.69. The average molecular weight is 326 g/mol. The molecule has 1 amide bonds. The van der Waals surface area contributed by atoms with Crippen molar-refractivity contribution in [2.24, 2.45) is 5.92 Å². The van der Waals surface area contributed by atoms with Crippen LogP contribution in [0.1, 0.15) is 16.9 Å². The molecule has 0 N–H and O–H groups in total. The van der Waals surface area contributed by atoms with Crippen molar-refractivity contribution in [3.05, 3.63) is 48.8 Å². The van der Waals surface area contributed by atoms with Crippen LogP contribution in [0.5, 0.6) is 5.75 Å². The monoisotopic (exact) mass is 326 g/mol. The van der Waals surface area contributed by atoms with Gasteiger partial charge < -0.3 is 14.4 Å². The summed E-state index contributed by atoms with van der Waals surface area (Å²) in [6, 6.07) is 5.37. The highest BCUT2D eigenvalue weighted by Gasteiger charge is 2.54. The molecular formula is C17H18N4O3. The topological polar surface area (TPSA) is 77.4 Å². The maximum absolute atomic E-state index is 12.4. The minimum Gasteiger partial charge on any atom is -0.492 e. The smallest absolute Gasteiger partial charge is 0.272 e. The van der Waals surface area contributed by atoms with Gasteiger partial charge in [0, 0.05) is 24.9 Å². The van der Waals surface area contributed by atoms with E-state index < -0.39 is 0 Å². The van der Waals surface area contributed by atoms with Crippen LogP contribution >= 0.6 is 0 Å². The summed E-state index contributed by atoms with van der Waals surface area (Å²) < 4.78 is 11.8. The van der Waals surface area contributed by atoms with Crippen LogP contribution in [0.4, 0.5) is 0 Å². The summed E-state index contributed by atoms with van der Waals surface area (Å²) >= 11 is 0. The molecule has 2 fully saturated rings. The summed E-state index contributed by atoms with van der Waals surface area (Å²) in [5.74, 6) is 0.949. The second-order valence-corrected chi connectivity index (χ2v) is 6.15. The Labute approximate surface area is 139 Å². The van der Waals surface area contributed by atoms with Crippen molar-refractivity contribution in [1.82, 2.24) is 19.9 Å². The SMILES string of the molecule is O=C(c1ccncn1)N1CC2(C1)OCCC2COc1cccnc1. The van der Waals surface area contributed by atoms with Gasteiger partial charge in [-0.2, -0.15) is 0 Å². The van der Waals surface area contributed by atoms with Crippen molar-refractivity contribution >= 4 is 5.91 Å². The molecule has 1 spiro atoms. The Bertz CT molecular complexity index is 704. The van der Waals surface area contributed by atoms with E-state index in [1.54, 1.807) is 29.6 Å². The molecule has 4 rings (SSSR count). The Kier molecular flexibility index (Phi) is 3.86. The van der Waals surface area contributed by atoms with Crippen molar-refractivity contribution in [3.8, 4) is 5.75 Å². The van der Waals surface area contributed by atoms with E-state index in [0.29, 0.717) is 32.0 Å². The van der Waals surface area contributed by atoms with Crippen molar-refractivity contribution in [3.63, 3.8) is 0 Å². The Balaban J connectivity index is 1.37. The van der Waals surface area contributed by atoms with Gasteiger partial charge in [0.1, 0.15) is 23.4 Å². The molecule has 2 aromatic heterocycles. The third kappa shape index (κ3) is 2.71. The number of hydrogen-bond acceptors (Lipinski definition) is 6. The van der Waals surface area contributed by atoms with Crippen LogP contribution in [-0.2, 0) is 4.74 Å². The van der Waals surface area contributed by atoms with E-state index in [1.165, 1.54) is 6.33 Å². The van der Waals surface area contributed by atoms with Crippen LogP contribution in [0.2, 0.25) is 0 Å². The summed E-state index contributed by atoms with van der Waals surface area (Å²) in [4.78, 5) is 26.1. The second-order valence-electron chi connectivity index (χ2n) is 6.15. The molecular weight excluding hydrogens is 308 g/mol. The predicted octanol–water partition coefficient (Wildman–Crippen LogP) is 1.18. The molecule has 2 aliphatic rings. The molecule has 1 atom stereocenters. The van der Waals surface area contributed by atoms with Gasteiger partial charge in [-0.25, -0.2) is 9.97 Å². The van der Waals surface area contributed by atoms with Crippen LogP contribution < -0.4 is 4.74 Å². The second kappa shape index (κ2) is 6.16. The highest BCUT2D eigenvalue weighted by Crippen LogP contribution is 2.40. The number of nitrogens with zero attached hydrogens (tertiary/aromatic N) is 4. The van der Waals surface area contributed by atoms with Crippen LogP contribution in [0.3, 0.4) is 0 Å². The zero-order valence-corrected chi connectivity index (χ0v) is 13.2. The van der Waals surface area contributed by atoms with E-state index in [1.807, 2.05) is 12.1 Å². The molecule has 2 aliphatic heterocycles. The van der Waals surface area contributed by atoms with Gasteiger partial charge in [-0.3, -0.25) is 9.78 Å². The summed E-state index contributed by atoms with van der Waals surface area (Å²) in [5.41, 5.74) is 0.131. The average Bonchev–Trinajstić information content (AvgIpc) is 3.04. The first kappa shape index (κ1) is 15.0. The van der Waals surface area contributed by atoms with Gasteiger partial charge in [0.15, 0.2) is 0 Å². The normalized spacial score (nSPS) is 21.5. The van der Waals surface area contributed by atoms with Crippen molar-refractivity contribution < 1.29 is 14.3 Å². The van der Waals surface area contributed by atoms with Gasteiger partial charge in [0.25, 0.3) is 5.91 Å².